The summed E-state index contributed by atoms with van der Waals surface area (Å²) in [6.07, 6.45) is 2.08. The molecular formula is C20H29N3O5. The molecule has 28 heavy (non-hydrogen) atoms. The fourth-order valence-electron chi connectivity index (χ4n) is 3.15. The van der Waals surface area contributed by atoms with Crippen LogP contribution in [0, 0.1) is 22.0 Å². The van der Waals surface area contributed by atoms with E-state index in [9.17, 15) is 19.7 Å². The molecule has 0 saturated carbocycles. The molecule has 1 amide bonds. The second-order valence-electron chi connectivity index (χ2n) is 7.83. The summed E-state index contributed by atoms with van der Waals surface area (Å²) in [4.78, 5) is 37.1. The zero-order valence-corrected chi connectivity index (χ0v) is 16.9. The summed E-state index contributed by atoms with van der Waals surface area (Å²) in [5, 5.41) is 14.3. The van der Waals surface area contributed by atoms with Gasteiger partial charge in [-0.2, -0.15) is 0 Å². The van der Waals surface area contributed by atoms with Crippen molar-refractivity contribution in [2.45, 2.75) is 46.6 Å². The van der Waals surface area contributed by atoms with Gasteiger partial charge in [0.05, 0.1) is 10.5 Å². The van der Waals surface area contributed by atoms with Crippen LogP contribution in [0.4, 0.5) is 11.4 Å². The molecule has 0 spiro atoms. The Balaban J connectivity index is 2.07. The van der Waals surface area contributed by atoms with E-state index in [1.165, 1.54) is 12.1 Å². The Labute approximate surface area is 165 Å². The summed E-state index contributed by atoms with van der Waals surface area (Å²) in [6.45, 7) is 9.02. The van der Waals surface area contributed by atoms with Crippen LogP contribution in [0.25, 0.3) is 0 Å². The van der Waals surface area contributed by atoms with Crippen LogP contribution in [0.15, 0.2) is 18.2 Å². The van der Waals surface area contributed by atoms with E-state index in [0.717, 1.165) is 25.9 Å². The van der Waals surface area contributed by atoms with Gasteiger partial charge in [0.1, 0.15) is 5.69 Å². The Kier molecular flexibility index (Phi) is 7.37. The predicted molar refractivity (Wildman–Crippen MR) is 106 cm³/mol. The van der Waals surface area contributed by atoms with Crippen molar-refractivity contribution >= 4 is 23.3 Å². The minimum absolute atomic E-state index is 0.0430. The second-order valence-corrected chi connectivity index (χ2v) is 7.83. The highest BCUT2D eigenvalue weighted by Gasteiger charge is 2.25. The number of rotatable bonds is 7. The Morgan fingerprint density at radius 2 is 2.07 bits per heavy atom. The number of benzene rings is 1. The highest BCUT2D eigenvalue weighted by Crippen LogP contribution is 2.32. The zero-order chi connectivity index (χ0) is 20.8. The molecule has 1 aromatic rings. The van der Waals surface area contributed by atoms with Crippen molar-refractivity contribution in [2.24, 2.45) is 11.8 Å². The van der Waals surface area contributed by atoms with Gasteiger partial charge in [0.25, 0.3) is 11.6 Å². The SMILES string of the molecule is CC1CCCN(c2ccc(C(=O)OCC(=O)NC(C)C(C)C)cc2[N+](=O)[O-])C1. The topological polar surface area (TPSA) is 102 Å². The molecule has 2 unspecified atom stereocenters. The van der Waals surface area contributed by atoms with Crippen molar-refractivity contribution < 1.29 is 19.2 Å². The fourth-order valence-corrected chi connectivity index (χ4v) is 3.15. The van der Waals surface area contributed by atoms with Gasteiger partial charge in [0, 0.05) is 25.2 Å². The molecule has 1 N–H and O–H groups in total. The number of nitro benzene ring substituents is 1. The predicted octanol–water partition coefficient (Wildman–Crippen LogP) is 3.15. The van der Waals surface area contributed by atoms with Crippen molar-refractivity contribution in [3.05, 3.63) is 33.9 Å². The van der Waals surface area contributed by atoms with Crippen LogP contribution in [-0.2, 0) is 9.53 Å². The first-order valence-corrected chi connectivity index (χ1v) is 9.69. The number of nitro groups is 1. The molecule has 0 bridgehead atoms. The van der Waals surface area contributed by atoms with Crippen LogP contribution in [0.3, 0.4) is 0 Å². The maximum atomic E-state index is 12.2. The van der Waals surface area contributed by atoms with Gasteiger partial charge in [-0.3, -0.25) is 14.9 Å². The fraction of sp³-hybridized carbons (Fsp3) is 0.600. The number of carbonyl (C=O) groups is 2. The highest BCUT2D eigenvalue weighted by atomic mass is 16.6. The lowest BCUT2D eigenvalue weighted by atomic mass is 9.99. The molecule has 1 saturated heterocycles. The number of hydrogen-bond donors (Lipinski definition) is 1. The molecule has 0 radical (unpaired) electrons. The average Bonchev–Trinajstić information content (AvgIpc) is 2.65. The van der Waals surface area contributed by atoms with Gasteiger partial charge >= 0.3 is 5.97 Å². The van der Waals surface area contributed by atoms with E-state index in [-0.39, 0.29) is 23.2 Å². The number of carbonyl (C=O) groups excluding carboxylic acids is 2. The molecule has 1 heterocycles. The summed E-state index contributed by atoms with van der Waals surface area (Å²) in [5.74, 6) is -0.436. The molecule has 154 valence electrons. The highest BCUT2D eigenvalue weighted by molar-refractivity contribution is 5.93. The van der Waals surface area contributed by atoms with Crippen LogP contribution in [0.1, 0.15) is 50.9 Å². The van der Waals surface area contributed by atoms with Crippen LogP contribution in [-0.4, -0.2) is 42.5 Å². The second kappa shape index (κ2) is 9.52. The molecule has 1 aromatic carbocycles. The van der Waals surface area contributed by atoms with Gasteiger partial charge in [-0.1, -0.05) is 20.8 Å². The van der Waals surface area contributed by atoms with E-state index in [0.29, 0.717) is 11.6 Å². The van der Waals surface area contributed by atoms with Crippen molar-refractivity contribution in [3.8, 4) is 0 Å². The van der Waals surface area contributed by atoms with Gasteiger partial charge in [-0.05, 0) is 43.7 Å². The largest absolute Gasteiger partial charge is 0.452 e. The van der Waals surface area contributed by atoms with Crippen molar-refractivity contribution in [3.63, 3.8) is 0 Å². The number of esters is 1. The Bertz CT molecular complexity index is 735. The first kappa shape index (κ1) is 21.7. The Hall–Kier alpha value is -2.64. The van der Waals surface area contributed by atoms with Crippen LogP contribution < -0.4 is 10.2 Å². The van der Waals surface area contributed by atoms with E-state index in [2.05, 4.69) is 12.2 Å². The molecule has 2 atom stereocenters. The average molecular weight is 391 g/mol. The van der Waals surface area contributed by atoms with Gasteiger partial charge < -0.3 is 15.0 Å². The van der Waals surface area contributed by atoms with E-state index < -0.39 is 23.4 Å². The van der Waals surface area contributed by atoms with Crippen molar-refractivity contribution in [1.82, 2.24) is 5.32 Å². The van der Waals surface area contributed by atoms with Crippen molar-refractivity contribution in [1.29, 1.82) is 0 Å². The van der Waals surface area contributed by atoms with E-state index in [1.807, 2.05) is 25.7 Å². The van der Waals surface area contributed by atoms with Crippen molar-refractivity contribution in [2.75, 3.05) is 24.6 Å². The summed E-state index contributed by atoms with van der Waals surface area (Å²) in [7, 11) is 0. The number of nitrogens with one attached hydrogen (secondary N) is 1. The maximum absolute atomic E-state index is 12.2. The molecule has 1 aliphatic rings. The molecule has 0 aromatic heterocycles. The monoisotopic (exact) mass is 391 g/mol. The van der Waals surface area contributed by atoms with Crippen LogP contribution in [0.2, 0.25) is 0 Å². The third kappa shape index (κ3) is 5.68. The minimum Gasteiger partial charge on any atom is -0.452 e. The maximum Gasteiger partial charge on any atom is 0.338 e. The number of amides is 1. The number of hydrogen-bond acceptors (Lipinski definition) is 6. The zero-order valence-electron chi connectivity index (χ0n) is 16.9. The summed E-state index contributed by atoms with van der Waals surface area (Å²) in [5.41, 5.74) is 0.447. The molecule has 2 rings (SSSR count). The Morgan fingerprint density at radius 3 is 2.68 bits per heavy atom. The van der Waals surface area contributed by atoms with Gasteiger partial charge in [-0.25, -0.2) is 4.79 Å². The van der Waals surface area contributed by atoms with Gasteiger partial charge in [-0.15, -0.1) is 0 Å². The summed E-state index contributed by atoms with van der Waals surface area (Å²) in [6, 6.07) is 4.29. The smallest absolute Gasteiger partial charge is 0.338 e. The molecule has 1 aliphatic heterocycles. The lowest BCUT2D eigenvalue weighted by Gasteiger charge is -2.32. The number of ether oxygens (including phenoxy) is 1. The first-order chi connectivity index (χ1) is 13.2. The van der Waals surface area contributed by atoms with Gasteiger partial charge in [0.15, 0.2) is 6.61 Å². The quantitative estimate of drug-likeness (QED) is 0.435. The normalized spacial score (nSPS) is 17.9. The molecule has 8 nitrogen and oxygen atoms in total. The van der Waals surface area contributed by atoms with E-state index in [1.54, 1.807) is 6.07 Å². The third-order valence-electron chi connectivity index (χ3n) is 5.13. The molecule has 8 heteroatoms. The molecule has 0 aliphatic carbocycles. The van der Waals surface area contributed by atoms with Crippen LogP contribution >= 0.6 is 0 Å². The number of nitrogens with zero attached hydrogens (tertiary/aromatic N) is 2. The molecule has 1 fully saturated rings. The lowest BCUT2D eigenvalue weighted by molar-refractivity contribution is -0.384. The number of anilines is 1. The Morgan fingerprint density at radius 1 is 1.36 bits per heavy atom. The van der Waals surface area contributed by atoms with Crippen LogP contribution in [0.5, 0.6) is 0 Å². The lowest BCUT2D eigenvalue weighted by Crippen LogP contribution is -2.38. The van der Waals surface area contributed by atoms with E-state index >= 15 is 0 Å². The number of piperidine rings is 1. The first-order valence-electron chi connectivity index (χ1n) is 9.69. The standard InChI is InChI=1S/C20H29N3O5/c1-13(2)15(4)21-19(24)12-28-20(25)16-7-8-17(18(10-16)23(26)27)22-9-5-6-14(3)11-22/h7-8,10,13-15H,5-6,9,11-12H2,1-4H3,(H,21,24). The summed E-state index contributed by atoms with van der Waals surface area (Å²) < 4.78 is 5.02. The molecular weight excluding hydrogens is 362 g/mol. The van der Waals surface area contributed by atoms with Gasteiger partial charge in [0.2, 0.25) is 0 Å². The summed E-state index contributed by atoms with van der Waals surface area (Å²) >= 11 is 0. The minimum atomic E-state index is -0.756. The third-order valence-corrected chi connectivity index (χ3v) is 5.13. The van der Waals surface area contributed by atoms with E-state index in [4.69, 9.17) is 4.74 Å².